The summed E-state index contributed by atoms with van der Waals surface area (Å²) in [7, 11) is 0. The zero-order chi connectivity index (χ0) is 28.1. The van der Waals surface area contributed by atoms with Crippen LogP contribution in [0.3, 0.4) is 0 Å². The van der Waals surface area contributed by atoms with E-state index in [0.29, 0.717) is 28.8 Å². The fourth-order valence-electron chi connectivity index (χ4n) is 4.36. The van der Waals surface area contributed by atoms with Gasteiger partial charge in [0, 0.05) is 34.1 Å². The fourth-order valence-corrected chi connectivity index (χ4v) is 5.99. The molecule has 1 N–H and O–H groups in total. The molecule has 0 saturated carbocycles. The van der Waals surface area contributed by atoms with Crippen LogP contribution in [0.1, 0.15) is 29.7 Å². The maximum atomic E-state index is 13.7. The van der Waals surface area contributed by atoms with Crippen LogP contribution in [0.2, 0.25) is 0 Å². The number of hydrogen-bond acceptors (Lipinski definition) is 9. The number of thiazole rings is 1. The summed E-state index contributed by atoms with van der Waals surface area (Å²) >= 11 is 2.73. The topological polar surface area (TPSA) is 107 Å². The van der Waals surface area contributed by atoms with Crippen molar-refractivity contribution in [2.24, 2.45) is 0 Å². The van der Waals surface area contributed by atoms with Gasteiger partial charge < -0.3 is 19.7 Å². The highest BCUT2D eigenvalue weighted by molar-refractivity contribution is 7.99. The van der Waals surface area contributed by atoms with Crippen LogP contribution in [0.4, 0.5) is 5.69 Å². The molecule has 4 aromatic rings. The number of aromatic nitrogens is 3. The lowest BCUT2D eigenvalue weighted by Crippen LogP contribution is -2.47. The number of carbonyl (C=O) groups is 2. The first kappa shape index (κ1) is 27.6. The molecule has 0 spiro atoms. The number of nitrogens with one attached hydrogen (secondary N) is 1. The molecule has 1 atom stereocenters. The van der Waals surface area contributed by atoms with Gasteiger partial charge in [-0.25, -0.2) is 15.0 Å². The van der Waals surface area contributed by atoms with E-state index < -0.39 is 6.04 Å². The Morgan fingerprint density at radius 3 is 2.52 bits per heavy atom. The van der Waals surface area contributed by atoms with Crippen molar-refractivity contribution in [3.63, 3.8) is 0 Å². The maximum absolute atomic E-state index is 13.7. The highest BCUT2D eigenvalue weighted by Gasteiger charge is 2.30. The summed E-state index contributed by atoms with van der Waals surface area (Å²) in [5, 5.41) is 6.19. The van der Waals surface area contributed by atoms with Crippen molar-refractivity contribution in [2.45, 2.75) is 44.9 Å². The Bertz CT molecular complexity index is 1490. The molecule has 0 aliphatic carbocycles. The number of fused-ring (bicyclic) bond motifs is 1. The van der Waals surface area contributed by atoms with E-state index in [0.717, 1.165) is 27.7 Å². The lowest BCUT2D eigenvalue weighted by molar-refractivity contribution is -0.137. The molecule has 3 heterocycles. The van der Waals surface area contributed by atoms with Gasteiger partial charge >= 0.3 is 0 Å². The summed E-state index contributed by atoms with van der Waals surface area (Å²) in [6.45, 7) is 6.03. The number of amides is 2. The van der Waals surface area contributed by atoms with Crippen LogP contribution in [0.25, 0.3) is 11.3 Å². The minimum atomic E-state index is -0.720. The van der Waals surface area contributed by atoms with Gasteiger partial charge in [0.2, 0.25) is 18.6 Å². The molecular formula is C29H29N5O4S2. The Hall–Kier alpha value is -3.96. The molecule has 40 heavy (non-hydrogen) atoms. The predicted molar refractivity (Wildman–Crippen MR) is 156 cm³/mol. The minimum Gasteiger partial charge on any atom is -0.454 e. The lowest BCUT2D eigenvalue weighted by atomic mass is 10.1. The van der Waals surface area contributed by atoms with E-state index >= 15 is 0 Å². The first-order chi connectivity index (χ1) is 19.4. The van der Waals surface area contributed by atoms with Crippen LogP contribution >= 0.6 is 23.1 Å². The fraction of sp³-hybridized carbons (Fsp3) is 0.276. The number of carbonyl (C=O) groups excluding carboxylic acids is 2. The van der Waals surface area contributed by atoms with Crippen molar-refractivity contribution in [1.29, 1.82) is 0 Å². The number of aryl methyl sites for hydroxylation is 2. The Morgan fingerprint density at radius 1 is 1.02 bits per heavy atom. The molecule has 1 aliphatic heterocycles. The van der Waals surface area contributed by atoms with Crippen LogP contribution in [-0.4, -0.2) is 50.3 Å². The highest BCUT2D eigenvalue weighted by atomic mass is 32.2. The molecule has 206 valence electrons. The largest absolute Gasteiger partial charge is 0.454 e. The van der Waals surface area contributed by atoms with Crippen molar-refractivity contribution in [2.75, 3.05) is 17.9 Å². The van der Waals surface area contributed by atoms with Gasteiger partial charge in [-0.05, 0) is 38.5 Å². The van der Waals surface area contributed by atoms with Gasteiger partial charge in [-0.15, -0.1) is 11.3 Å². The molecule has 9 nitrogen and oxygen atoms in total. The third-order valence-corrected chi connectivity index (χ3v) is 7.91. The van der Waals surface area contributed by atoms with E-state index in [1.807, 2.05) is 62.5 Å². The zero-order valence-electron chi connectivity index (χ0n) is 22.4. The molecule has 0 bridgehead atoms. The molecule has 2 amide bonds. The molecule has 1 aliphatic rings. The number of rotatable bonds is 10. The van der Waals surface area contributed by atoms with Gasteiger partial charge in [0.05, 0.1) is 18.0 Å². The van der Waals surface area contributed by atoms with Crippen molar-refractivity contribution in [1.82, 2.24) is 19.9 Å². The number of thioether (sulfide) groups is 1. The molecule has 0 fully saturated rings. The van der Waals surface area contributed by atoms with Gasteiger partial charge in [-0.1, -0.05) is 49.0 Å². The Balaban J connectivity index is 1.37. The van der Waals surface area contributed by atoms with Gasteiger partial charge in [-0.2, -0.15) is 0 Å². The first-order valence-corrected chi connectivity index (χ1v) is 14.7. The quantitative estimate of drug-likeness (QED) is 0.196. The van der Waals surface area contributed by atoms with E-state index in [1.54, 1.807) is 23.1 Å². The second-order valence-corrected chi connectivity index (χ2v) is 11.1. The van der Waals surface area contributed by atoms with Gasteiger partial charge in [0.15, 0.2) is 16.7 Å². The third kappa shape index (κ3) is 6.60. The summed E-state index contributed by atoms with van der Waals surface area (Å²) in [5.41, 5.74) is 4.08. The van der Waals surface area contributed by atoms with E-state index in [9.17, 15) is 9.59 Å². The first-order valence-electron chi connectivity index (χ1n) is 12.8. The maximum Gasteiger partial charge on any atom is 0.247 e. The van der Waals surface area contributed by atoms with Crippen LogP contribution in [0.15, 0.2) is 65.1 Å². The summed E-state index contributed by atoms with van der Waals surface area (Å²) < 4.78 is 10.8. The summed E-state index contributed by atoms with van der Waals surface area (Å²) in [6.07, 6.45) is 0.420. The van der Waals surface area contributed by atoms with Gasteiger partial charge in [0.1, 0.15) is 11.0 Å². The number of hydrogen-bond donors (Lipinski definition) is 1. The molecule has 5 rings (SSSR count). The number of benzene rings is 2. The van der Waals surface area contributed by atoms with E-state index in [4.69, 9.17) is 14.5 Å². The van der Waals surface area contributed by atoms with Crippen molar-refractivity contribution < 1.29 is 19.1 Å². The highest BCUT2D eigenvalue weighted by Crippen LogP contribution is 2.34. The zero-order valence-corrected chi connectivity index (χ0v) is 24.1. The Morgan fingerprint density at radius 2 is 1.77 bits per heavy atom. The smallest absolute Gasteiger partial charge is 0.247 e. The van der Waals surface area contributed by atoms with E-state index in [-0.39, 0.29) is 30.9 Å². The molecule has 11 heteroatoms. The van der Waals surface area contributed by atoms with Crippen molar-refractivity contribution in [3.8, 4) is 22.8 Å². The van der Waals surface area contributed by atoms with Gasteiger partial charge in [0.25, 0.3) is 0 Å². The summed E-state index contributed by atoms with van der Waals surface area (Å²) in [4.78, 5) is 42.5. The molecule has 2 aromatic carbocycles. The van der Waals surface area contributed by atoms with E-state index in [1.165, 1.54) is 23.1 Å². The summed E-state index contributed by atoms with van der Waals surface area (Å²) in [6, 6.07) is 16.3. The monoisotopic (exact) mass is 575 g/mol. The average molecular weight is 576 g/mol. The number of nitrogens with zero attached hydrogens (tertiary/aromatic N) is 4. The average Bonchev–Trinajstić information content (AvgIpc) is 3.61. The predicted octanol–water partition coefficient (Wildman–Crippen LogP) is 5.48. The molecule has 2 aromatic heterocycles. The Kier molecular flexibility index (Phi) is 8.61. The second-order valence-electron chi connectivity index (χ2n) is 9.22. The van der Waals surface area contributed by atoms with Crippen LogP contribution in [0, 0.1) is 13.8 Å². The normalized spacial score (nSPS) is 12.7. The van der Waals surface area contributed by atoms with Crippen LogP contribution in [-0.2, 0) is 16.1 Å². The van der Waals surface area contributed by atoms with Gasteiger partial charge in [-0.3, -0.25) is 9.59 Å². The molecular weight excluding hydrogens is 546 g/mol. The lowest BCUT2D eigenvalue weighted by Gasteiger charge is -2.29. The second kappa shape index (κ2) is 12.5. The molecule has 0 saturated heterocycles. The number of anilines is 1. The van der Waals surface area contributed by atoms with Crippen molar-refractivity contribution >= 4 is 40.6 Å². The standard InChI is InChI=1S/C29H29N5O4S2/c1-4-23(28(36)32-21-10-11-24-25(13-21)38-17-37-24)34(27(35)16-40-29-30-18(2)12-19(3)31-29)14-26-33-22(15-39-26)20-8-6-5-7-9-20/h5-13,15,23H,4,14,16-17H2,1-3H3,(H,32,36). The third-order valence-electron chi connectivity index (χ3n) is 6.24. The minimum absolute atomic E-state index is 0.0909. The van der Waals surface area contributed by atoms with Crippen LogP contribution in [0.5, 0.6) is 11.5 Å². The van der Waals surface area contributed by atoms with Crippen LogP contribution < -0.4 is 14.8 Å². The summed E-state index contributed by atoms with van der Waals surface area (Å²) in [5.74, 6) is 0.803. The van der Waals surface area contributed by atoms with Crippen molar-refractivity contribution in [3.05, 3.63) is 76.4 Å². The molecule has 1 unspecified atom stereocenters. The SMILES string of the molecule is CCC(C(=O)Nc1ccc2c(c1)OCO2)N(Cc1nc(-c2ccccc2)cs1)C(=O)CSc1nc(C)cc(C)n1. The number of ether oxygens (including phenoxy) is 2. The molecule has 0 radical (unpaired) electrons. The Labute approximate surface area is 241 Å². The van der Waals surface area contributed by atoms with E-state index in [2.05, 4.69) is 15.3 Å².